The molecule has 0 spiro atoms. The van der Waals surface area contributed by atoms with Crippen LogP contribution in [0.4, 0.5) is 0 Å². The van der Waals surface area contributed by atoms with Crippen LogP contribution in [0.15, 0.2) is 53.8 Å². The van der Waals surface area contributed by atoms with E-state index in [1.807, 2.05) is 28.9 Å². The fourth-order valence-electron chi connectivity index (χ4n) is 1.68. The Kier molecular flexibility index (Phi) is 1.86. The third kappa shape index (κ3) is 1.40. The van der Waals surface area contributed by atoms with Crippen LogP contribution in [0.5, 0.6) is 0 Å². The van der Waals surface area contributed by atoms with E-state index in [0.29, 0.717) is 0 Å². The van der Waals surface area contributed by atoms with Crippen molar-refractivity contribution in [3.05, 3.63) is 59.4 Å². The van der Waals surface area contributed by atoms with Crippen molar-refractivity contribution in [2.45, 2.75) is 0 Å². The maximum atomic E-state index is 11.0. The Labute approximate surface area is 91.2 Å². The molecule has 0 saturated heterocycles. The van der Waals surface area contributed by atoms with Crippen LogP contribution >= 0.6 is 0 Å². The Balaban J connectivity index is 2.17. The summed E-state index contributed by atoms with van der Waals surface area (Å²) in [6, 6.07) is 7.25. The fourth-order valence-corrected chi connectivity index (χ4v) is 1.68. The van der Waals surface area contributed by atoms with E-state index in [1.54, 1.807) is 18.5 Å². The van der Waals surface area contributed by atoms with Crippen molar-refractivity contribution in [1.82, 2.24) is 14.4 Å². The van der Waals surface area contributed by atoms with Gasteiger partial charge in [0.2, 0.25) is 5.56 Å². The van der Waals surface area contributed by atoms with Crippen LogP contribution < -0.4 is 5.56 Å². The molecule has 16 heavy (non-hydrogen) atoms. The third-order valence-corrected chi connectivity index (χ3v) is 2.51. The van der Waals surface area contributed by atoms with Crippen LogP contribution in [0.25, 0.3) is 16.8 Å². The van der Waals surface area contributed by atoms with Crippen molar-refractivity contribution in [3.63, 3.8) is 0 Å². The molecule has 0 amide bonds. The van der Waals surface area contributed by atoms with E-state index in [2.05, 4.69) is 9.97 Å². The van der Waals surface area contributed by atoms with E-state index >= 15 is 0 Å². The molecule has 0 fully saturated rings. The molecule has 3 rings (SSSR count). The molecule has 0 saturated carbocycles. The topological polar surface area (TPSA) is 50.2 Å². The Morgan fingerprint density at radius 3 is 2.81 bits per heavy atom. The molecular weight excluding hydrogens is 202 g/mol. The number of imidazole rings is 1. The van der Waals surface area contributed by atoms with Gasteiger partial charge in [-0.3, -0.25) is 4.79 Å². The van der Waals surface area contributed by atoms with Gasteiger partial charge in [-0.05, 0) is 29.3 Å². The third-order valence-electron chi connectivity index (χ3n) is 2.51. The van der Waals surface area contributed by atoms with Crippen molar-refractivity contribution in [3.8, 4) is 11.1 Å². The van der Waals surface area contributed by atoms with Gasteiger partial charge in [0, 0.05) is 30.9 Å². The zero-order valence-electron chi connectivity index (χ0n) is 8.42. The smallest absolute Gasteiger partial charge is 0.247 e. The standard InChI is InChI=1S/C12H9N3O/c16-12-4-2-9(7-14-12)10-1-3-11-13-5-6-15(11)8-10/h1-8H,(H,14,16). The summed E-state index contributed by atoms with van der Waals surface area (Å²) in [5.74, 6) is 0. The number of nitrogens with one attached hydrogen (secondary N) is 1. The number of aromatic amines is 1. The van der Waals surface area contributed by atoms with Crippen molar-refractivity contribution < 1.29 is 0 Å². The molecule has 3 aromatic heterocycles. The normalized spacial score (nSPS) is 10.8. The second-order valence-electron chi connectivity index (χ2n) is 3.55. The average Bonchev–Trinajstić information content (AvgIpc) is 2.77. The van der Waals surface area contributed by atoms with Crippen LogP contribution in [-0.2, 0) is 0 Å². The van der Waals surface area contributed by atoms with Crippen LogP contribution in [-0.4, -0.2) is 14.4 Å². The lowest BCUT2D eigenvalue weighted by Gasteiger charge is -2.01. The molecule has 0 aromatic carbocycles. The van der Waals surface area contributed by atoms with Gasteiger partial charge < -0.3 is 9.38 Å². The number of aromatic nitrogens is 3. The first-order chi connectivity index (χ1) is 7.83. The summed E-state index contributed by atoms with van der Waals surface area (Å²) in [7, 11) is 0. The zero-order chi connectivity index (χ0) is 11.0. The van der Waals surface area contributed by atoms with Crippen molar-refractivity contribution >= 4 is 5.65 Å². The Bertz CT molecular complexity index is 676. The molecule has 78 valence electrons. The highest BCUT2D eigenvalue weighted by atomic mass is 16.1. The number of nitrogens with zero attached hydrogens (tertiary/aromatic N) is 2. The minimum atomic E-state index is -0.0903. The van der Waals surface area contributed by atoms with Gasteiger partial charge in [-0.1, -0.05) is 0 Å². The number of rotatable bonds is 1. The van der Waals surface area contributed by atoms with E-state index in [4.69, 9.17) is 0 Å². The van der Waals surface area contributed by atoms with Gasteiger partial charge in [0.15, 0.2) is 0 Å². The molecule has 4 heteroatoms. The molecule has 0 aliphatic carbocycles. The minimum Gasteiger partial charge on any atom is -0.328 e. The van der Waals surface area contributed by atoms with E-state index < -0.39 is 0 Å². The summed E-state index contributed by atoms with van der Waals surface area (Å²) in [4.78, 5) is 17.8. The maximum absolute atomic E-state index is 11.0. The van der Waals surface area contributed by atoms with E-state index in [9.17, 15) is 4.79 Å². The number of hydrogen-bond acceptors (Lipinski definition) is 2. The van der Waals surface area contributed by atoms with Crippen molar-refractivity contribution in [2.75, 3.05) is 0 Å². The Morgan fingerprint density at radius 1 is 1.12 bits per heavy atom. The fraction of sp³-hybridized carbons (Fsp3) is 0. The van der Waals surface area contributed by atoms with Gasteiger partial charge >= 0.3 is 0 Å². The number of pyridine rings is 2. The van der Waals surface area contributed by atoms with E-state index in [0.717, 1.165) is 16.8 Å². The Hall–Kier alpha value is -2.36. The molecule has 3 heterocycles. The molecule has 1 N–H and O–H groups in total. The maximum Gasteiger partial charge on any atom is 0.247 e. The van der Waals surface area contributed by atoms with E-state index in [-0.39, 0.29) is 5.56 Å². The molecule has 4 nitrogen and oxygen atoms in total. The highest BCUT2D eigenvalue weighted by Crippen LogP contribution is 2.17. The largest absolute Gasteiger partial charge is 0.328 e. The van der Waals surface area contributed by atoms with Crippen LogP contribution in [0.1, 0.15) is 0 Å². The average molecular weight is 211 g/mol. The Morgan fingerprint density at radius 2 is 2.00 bits per heavy atom. The molecule has 3 aromatic rings. The SMILES string of the molecule is O=c1ccc(-c2ccc3nccn3c2)c[nH]1. The van der Waals surface area contributed by atoms with Gasteiger partial charge in [-0.15, -0.1) is 0 Å². The second-order valence-corrected chi connectivity index (χ2v) is 3.55. The molecule has 0 bridgehead atoms. The molecule has 0 aliphatic rings. The summed E-state index contributed by atoms with van der Waals surface area (Å²) in [5.41, 5.74) is 2.84. The number of fused-ring (bicyclic) bond motifs is 1. The lowest BCUT2D eigenvalue weighted by molar-refractivity contribution is 1.18. The number of H-pyrrole nitrogens is 1. The predicted octanol–water partition coefficient (Wildman–Crippen LogP) is 1.69. The minimum absolute atomic E-state index is 0.0903. The van der Waals surface area contributed by atoms with Gasteiger partial charge in [0.25, 0.3) is 0 Å². The molecule has 0 aliphatic heterocycles. The van der Waals surface area contributed by atoms with Crippen molar-refractivity contribution in [2.24, 2.45) is 0 Å². The van der Waals surface area contributed by atoms with Gasteiger partial charge in [0.05, 0.1) is 0 Å². The summed E-state index contributed by atoms with van der Waals surface area (Å²) in [5, 5.41) is 0. The van der Waals surface area contributed by atoms with Gasteiger partial charge in [-0.2, -0.15) is 0 Å². The summed E-state index contributed by atoms with van der Waals surface area (Å²) in [6.45, 7) is 0. The first kappa shape index (κ1) is 8.91. The summed E-state index contributed by atoms with van der Waals surface area (Å²) >= 11 is 0. The summed E-state index contributed by atoms with van der Waals surface area (Å²) in [6.07, 6.45) is 7.34. The first-order valence-corrected chi connectivity index (χ1v) is 4.95. The lowest BCUT2D eigenvalue weighted by Crippen LogP contribution is -2.01. The monoisotopic (exact) mass is 211 g/mol. The van der Waals surface area contributed by atoms with Crippen LogP contribution in [0, 0.1) is 0 Å². The van der Waals surface area contributed by atoms with Crippen LogP contribution in [0.3, 0.4) is 0 Å². The van der Waals surface area contributed by atoms with Gasteiger partial charge in [-0.25, -0.2) is 4.98 Å². The van der Waals surface area contributed by atoms with Crippen molar-refractivity contribution in [1.29, 1.82) is 0 Å². The molecule has 0 radical (unpaired) electrons. The second kappa shape index (κ2) is 3.34. The summed E-state index contributed by atoms with van der Waals surface area (Å²) < 4.78 is 1.94. The molecular formula is C12H9N3O. The van der Waals surface area contributed by atoms with Crippen LogP contribution in [0.2, 0.25) is 0 Å². The quantitative estimate of drug-likeness (QED) is 0.665. The molecule has 0 unspecified atom stereocenters. The highest BCUT2D eigenvalue weighted by Gasteiger charge is 1.99. The van der Waals surface area contributed by atoms with Gasteiger partial charge in [0.1, 0.15) is 5.65 Å². The van der Waals surface area contributed by atoms with E-state index in [1.165, 1.54) is 6.07 Å². The molecule has 0 atom stereocenters. The predicted molar refractivity (Wildman–Crippen MR) is 61.2 cm³/mol. The number of hydrogen-bond donors (Lipinski definition) is 1. The first-order valence-electron chi connectivity index (χ1n) is 4.95. The zero-order valence-corrected chi connectivity index (χ0v) is 8.42. The lowest BCUT2D eigenvalue weighted by atomic mass is 10.1. The highest BCUT2D eigenvalue weighted by molar-refractivity contribution is 5.63.